The molecule has 0 aromatic heterocycles. The van der Waals surface area contributed by atoms with Gasteiger partial charge in [0.2, 0.25) is 0 Å². The second-order valence-corrected chi connectivity index (χ2v) is 3.02. The van der Waals surface area contributed by atoms with Crippen molar-refractivity contribution in [3.8, 4) is 0 Å². The van der Waals surface area contributed by atoms with Crippen LogP contribution in [0.25, 0.3) is 0 Å². The molecule has 2 aliphatic heterocycles. The van der Waals surface area contributed by atoms with Crippen LogP contribution in [0.4, 0.5) is 0 Å². The zero-order valence-electron chi connectivity index (χ0n) is 6.03. The molecule has 11 heavy (non-hydrogen) atoms. The van der Waals surface area contributed by atoms with Crippen LogP contribution in [0.2, 0.25) is 0 Å². The molecular formula is C7H10O4. The van der Waals surface area contributed by atoms with Gasteiger partial charge >= 0.3 is 5.97 Å². The summed E-state index contributed by atoms with van der Waals surface area (Å²) in [5, 5.41) is 9.05. The molecule has 4 heteroatoms. The van der Waals surface area contributed by atoms with Gasteiger partial charge in [0.15, 0.2) is 6.29 Å². The lowest BCUT2D eigenvalue weighted by molar-refractivity contribution is -0.174. The Bertz CT molecular complexity index is 179. The second-order valence-electron chi connectivity index (χ2n) is 3.02. The third-order valence-corrected chi connectivity index (χ3v) is 2.19. The molecule has 0 spiro atoms. The van der Waals surface area contributed by atoms with E-state index in [1.807, 2.05) is 0 Å². The lowest BCUT2D eigenvalue weighted by atomic mass is 9.96. The van der Waals surface area contributed by atoms with Gasteiger partial charge in [-0.2, -0.15) is 0 Å². The largest absolute Gasteiger partial charge is 0.460 e. The van der Waals surface area contributed by atoms with Gasteiger partial charge in [0, 0.05) is 12.3 Å². The van der Waals surface area contributed by atoms with Crippen LogP contribution < -0.4 is 0 Å². The summed E-state index contributed by atoms with van der Waals surface area (Å²) in [6.45, 7) is 0.345. The van der Waals surface area contributed by atoms with E-state index in [0.717, 1.165) is 0 Å². The zero-order valence-corrected chi connectivity index (χ0v) is 6.03. The van der Waals surface area contributed by atoms with Crippen molar-refractivity contribution in [1.82, 2.24) is 0 Å². The van der Waals surface area contributed by atoms with Gasteiger partial charge in [0.05, 0.1) is 13.0 Å². The van der Waals surface area contributed by atoms with Crippen LogP contribution in [0.15, 0.2) is 0 Å². The molecule has 0 bridgehead atoms. The molecule has 1 N–H and O–H groups in total. The number of aliphatic hydroxyl groups excluding tert-OH is 1. The van der Waals surface area contributed by atoms with Gasteiger partial charge < -0.3 is 14.6 Å². The first-order valence-electron chi connectivity index (χ1n) is 3.75. The van der Waals surface area contributed by atoms with E-state index in [2.05, 4.69) is 0 Å². The average molecular weight is 158 g/mol. The fourth-order valence-electron chi connectivity index (χ4n) is 1.60. The lowest BCUT2D eigenvalue weighted by Gasteiger charge is -2.26. The smallest absolute Gasteiger partial charge is 0.306 e. The standard InChI is InChI=1S/C7H10O4/c8-6-1-4-2-7(9)11-5(4)3-10-6/h4-6,8H,1-3H2/t4-,5-,6+/m1/s1. The molecule has 0 aromatic rings. The number of rotatable bonds is 0. The van der Waals surface area contributed by atoms with E-state index in [0.29, 0.717) is 19.4 Å². The molecule has 2 saturated heterocycles. The summed E-state index contributed by atoms with van der Waals surface area (Å²) in [5.74, 6) is 0.00366. The molecule has 2 heterocycles. The number of hydrogen-bond acceptors (Lipinski definition) is 4. The highest BCUT2D eigenvalue weighted by atomic mass is 16.6. The lowest BCUT2D eigenvalue weighted by Crippen LogP contribution is -2.34. The van der Waals surface area contributed by atoms with E-state index >= 15 is 0 Å². The molecule has 3 atom stereocenters. The summed E-state index contributed by atoms with van der Waals surface area (Å²) in [4.78, 5) is 10.8. The third-order valence-electron chi connectivity index (χ3n) is 2.19. The van der Waals surface area contributed by atoms with Crippen molar-refractivity contribution >= 4 is 5.97 Å². The maximum Gasteiger partial charge on any atom is 0.306 e. The minimum Gasteiger partial charge on any atom is -0.460 e. The predicted molar refractivity (Wildman–Crippen MR) is 34.6 cm³/mol. The molecule has 0 amide bonds. The Labute approximate surface area is 64.1 Å². The molecule has 0 aromatic carbocycles. The van der Waals surface area contributed by atoms with Gasteiger partial charge in [0.1, 0.15) is 6.10 Å². The van der Waals surface area contributed by atoms with Crippen LogP contribution in [-0.2, 0) is 14.3 Å². The number of aliphatic hydroxyl groups is 1. The van der Waals surface area contributed by atoms with Crippen LogP contribution in [0.1, 0.15) is 12.8 Å². The molecule has 2 rings (SSSR count). The fourth-order valence-corrected chi connectivity index (χ4v) is 1.60. The number of fused-ring (bicyclic) bond motifs is 1. The van der Waals surface area contributed by atoms with Crippen LogP contribution in [0, 0.1) is 5.92 Å². The van der Waals surface area contributed by atoms with Crippen molar-refractivity contribution in [2.45, 2.75) is 25.2 Å². The highest BCUT2D eigenvalue weighted by Crippen LogP contribution is 2.30. The van der Waals surface area contributed by atoms with Crippen LogP contribution >= 0.6 is 0 Å². The van der Waals surface area contributed by atoms with E-state index in [1.54, 1.807) is 0 Å². The molecule has 0 aliphatic carbocycles. The summed E-state index contributed by atoms with van der Waals surface area (Å²) in [6.07, 6.45) is 0.151. The molecule has 0 unspecified atom stereocenters. The molecule has 2 fully saturated rings. The fraction of sp³-hybridized carbons (Fsp3) is 0.857. The Kier molecular flexibility index (Phi) is 1.58. The Morgan fingerprint density at radius 1 is 1.55 bits per heavy atom. The highest BCUT2D eigenvalue weighted by Gasteiger charge is 2.39. The van der Waals surface area contributed by atoms with Gasteiger partial charge in [0.25, 0.3) is 0 Å². The summed E-state index contributed by atoms with van der Waals surface area (Å²) in [6, 6.07) is 0. The summed E-state index contributed by atoms with van der Waals surface area (Å²) in [5.41, 5.74) is 0. The SMILES string of the molecule is O=C1C[C@H]2C[C@@H](O)OC[C@H]2O1. The Morgan fingerprint density at radius 3 is 3.18 bits per heavy atom. The molecule has 0 radical (unpaired) electrons. The number of ether oxygens (including phenoxy) is 2. The Balaban J connectivity index is 2.02. The first kappa shape index (κ1) is 7.06. The van der Waals surface area contributed by atoms with E-state index in [1.165, 1.54) is 0 Å². The summed E-state index contributed by atoms with van der Waals surface area (Å²) in [7, 11) is 0. The first-order valence-corrected chi connectivity index (χ1v) is 3.75. The normalized spacial score (nSPS) is 43.4. The van der Waals surface area contributed by atoms with Gasteiger partial charge in [-0.05, 0) is 0 Å². The Hall–Kier alpha value is -0.610. The van der Waals surface area contributed by atoms with Gasteiger partial charge in [-0.3, -0.25) is 4.79 Å². The van der Waals surface area contributed by atoms with Crippen LogP contribution in [0.5, 0.6) is 0 Å². The van der Waals surface area contributed by atoms with E-state index in [4.69, 9.17) is 14.6 Å². The van der Waals surface area contributed by atoms with Gasteiger partial charge in [-0.1, -0.05) is 0 Å². The number of hydrogen-bond donors (Lipinski definition) is 1. The maximum absolute atomic E-state index is 10.8. The molecule has 0 saturated carbocycles. The number of carbonyl (C=O) groups is 1. The van der Waals surface area contributed by atoms with E-state index < -0.39 is 6.29 Å². The van der Waals surface area contributed by atoms with Crippen molar-refractivity contribution in [1.29, 1.82) is 0 Å². The van der Waals surface area contributed by atoms with Crippen molar-refractivity contribution in [3.63, 3.8) is 0 Å². The topological polar surface area (TPSA) is 55.8 Å². The number of carbonyl (C=O) groups excluding carboxylic acids is 1. The third kappa shape index (κ3) is 1.23. The molecule has 2 aliphatic rings. The van der Waals surface area contributed by atoms with Crippen LogP contribution in [-0.4, -0.2) is 30.1 Å². The Morgan fingerprint density at radius 2 is 2.36 bits per heavy atom. The summed E-state index contributed by atoms with van der Waals surface area (Å²) < 4.78 is 9.86. The second kappa shape index (κ2) is 2.46. The first-order chi connectivity index (χ1) is 5.25. The van der Waals surface area contributed by atoms with E-state index in [-0.39, 0.29) is 18.0 Å². The van der Waals surface area contributed by atoms with Crippen molar-refractivity contribution in [2.24, 2.45) is 5.92 Å². The quantitative estimate of drug-likeness (QED) is 0.490. The predicted octanol–water partition coefficient (Wildman–Crippen LogP) is -0.343. The number of esters is 1. The minimum atomic E-state index is -0.703. The zero-order chi connectivity index (χ0) is 7.84. The van der Waals surface area contributed by atoms with Crippen molar-refractivity contribution in [3.05, 3.63) is 0 Å². The molecule has 4 nitrogen and oxygen atoms in total. The summed E-state index contributed by atoms with van der Waals surface area (Å²) >= 11 is 0. The van der Waals surface area contributed by atoms with Crippen molar-refractivity contribution in [2.75, 3.05) is 6.61 Å². The van der Waals surface area contributed by atoms with Crippen molar-refractivity contribution < 1.29 is 19.4 Å². The molecule has 62 valence electrons. The monoisotopic (exact) mass is 158 g/mol. The van der Waals surface area contributed by atoms with Crippen LogP contribution in [0.3, 0.4) is 0 Å². The highest BCUT2D eigenvalue weighted by molar-refractivity contribution is 5.72. The van der Waals surface area contributed by atoms with Gasteiger partial charge in [-0.15, -0.1) is 0 Å². The maximum atomic E-state index is 10.8. The van der Waals surface area contributed by atoms with Gasteiger partial charge in [-0.25, -0.2) is 0 Å². The molecular weight excluding hydrogens is 148 g/mol. The minimum absolute atomic E-state index is 0.106. The average Bonchev–Trinajstić information content (AvgIpc) is 2.27. The van der Waals surface area contributed by atoms with E-state index in [9.17, 15) is 4.79 Å².